The molecule has 0 aromatic heterocycles. The Morgan fingerprint density at radius 3 is 2.33 bits per heavy atom. The first-order valence-electron chi connectivity index (χ1n) is 6.74. The number of carbonyl (C=O) groups is 1. The van der Waals surface area contributed by atoms with Gasteiger partial charge in [0, 0.05) is 10.6 Å². The summed E-state index contributed by atoms with van der Waals surface area (Å²) in [6.07, 6.45) is 1.94. The molecule has 0 saturated carbocycles. The molecule has 0 aliphatic rings. The summed E-state index contributed by atoms with van der Waals surface area (Å²) in [5, 5.41) is 2.57. The van der Waals surface area contributed by atoms with Gasteiger partial charge in [-0.2, -0.15) is 0 Å². The number of amides is 1. The largest absolute Gasteiger partial charge is 0.324 e. The van der Waals surface area contributed by atoms with Crippen LogP contribution in [0.3, 0.4) is 0 Å². The quantitative estimate of drug-likeness (QED) is 0.577. The van der Waals surface area contributed by atoms with E-state index in [0.29, 0.717) is 5.69 Å². The van der Waals surface area contributed by atoms with Gasteiger partial charge >= 0.3 is 0 Å². The van der Waals surface area contributed by atoms with E-state index in [0.717, 1.165) is 29.2 Å². The van der Waals surface area contributed by atoms with E-state index in [1.54, 1.807) is 23.9 Å². The van der Waals surface area contributed by atoms with Crippen molar-refractivity contribution in [2.24, 2.45) is 0 Å². The van der Waals surface area contributed by atoms with Gasteiger partial charge in [0.1, 0.15) is 12.4 Å². The minimum Gasteiger partial charge on any atom is -0.324 e. The van der Waals surface area contributed by atoms with Gasteiger partial charge in [0.05, 0.1) is 4.90 Å². The third-order valence-corrected chi connectivity index (χ3v) is 4.84. The summed E-state index contributed by atoms with van der Waals surface area (Å²) in [7, 11) is -3.98. The molecule has 0 bridgehead atoms. The summed E-state index contributed by atoms with van der Waals surface area (Å²) in [6.45, 7) is -0.509. The van der Waals surface area contributed by atoms with Crippen molar-refractivity contribution in [3.8, 4) is 0 Å². The van der Waals surface area contributed by atoms with Crippen LogP contribution >= 0.6 is 11.8 Å². The third-order valence-electron chi connectivity index (χ3n) is 2.87. The van der Waals surface area contributed by atoms with Gasteiger partial charge in [-0.25, -0.2) is 12.8 Å². The van der Waals surface area contributed by atoms with Gasteiger partial charge in [-0.3, -0.25) is 9.63 Å². The molecule has 0 atom stereocenters. The fourth-order valence-corrected chi connectivity index (χ4v) is 2.92. The molecule has 128 valence electrons. The van der Waals surface area contributed by atoms with Crippen LogP contribution in [0.1, 0.15) is 0 Å². The standard InChI is InChI=1S/C15H15FN2O4S2/c1-23-13-6-4-12(5-7-13)17-15(19)10-22-18-24(20,21)14-8-2-11(16)3-9-14/h2-9,18H,10H2,1H3,(H,17,19). The fraction of sp³-hybridized carbons (Fsp3) is 0.133. The summed E-state index contributed by atoms with van der Waals surface area (Å²) in [6, 6.07) is 11.4. The van der Waals surface area contributed by atoms with E-state index >= 15 is 0 Å². The van der Waals surface area contributed by atoms with Crippen LogP contribution in [0.4, 0.5) is 10.1 Å². The summed E-state index contributed by atoms with van der Waals surface area (Å²) in [5.41, 5.74) is 0.572. The van der Waals surface area contributed by atoms with Crippen LogP contribution in [0.2, 0.25) is 0 Å². The molecule has 0 saturated heterocycles. The first kappa shape index (κ1) is 18.4. The number of hydrogen-bond acceptors (Lipinski definition) is 5. The molecule has 2 N–H and O–H groups in total. The van der Waals surface area contributed by atoms with Crippen molar-refractivity contribution in [2.45, 2.75) is 9.79 Å². The Balaban J connectivity index is 1.84. The Kier molecular flexibility index (Phi) is 6.32. The normalized spacial score (nSPS) is 11.2. The van der Waals surface area contributed by atoms with Crippen molar-refractivity contribution in [2.75, 3.05) is 18.2 Å². The molecule has 2 aromatic carbocycles. The topological polar surface area (TPSA) is 84.5 Å². The first-order valence-corrected chi connectivity index (χ1v) is 9.44. The molecular formula is C15H15FN2O4S2. The van der Waals surface area contributed by atoms with Crippen molar-refractivity contribution in [3.05, 3.63) is 54.3 Å². The van der Waals surface area contributed by atoms with Gasteiger partial charge in [0.2, 0.25) is 0 Å². The van der Waals surface area contributed by atoms with Crippen molar-refractivity contribution in [1.82, 2.24) is 4.89 Å². The van der Waals surface area contributed by atoms with E-state index < -0.39 is 28.4 Å². The molecule has 2 aromatic rings. The number of sulfonamides is 1. The second-order valence-electron chi connectivity index (χ2n) is 4.61. The number of carbonyl (C=O) groups excluding carboxylic acids is 1. The minimum absolute atomic E-state index is 0.169. The Morgan fingerprint density at radius 2 is 1.75 bits per heavy atom. The average Bonchev–Trinajstić information content (AvgIpc) is 2.56. The number of rotatable bonds is 7. The molecule has 9 heteroatoms. The Labute approximate surface area is 143 Å². The van der Waals surface area contributed by atoms with Gasteiger partial charge in [-0.05, 0) is 54.8 Å². The number of thioether (sulfide) groups is 1. The van der Waals surface area contributed by atoms with Crippen molar-refractivity contribution in [3.63, 3.8) is 0 Å². The molecule has 0 heterocycles. The highest BCUT2D eigenvalue weighted by molar-refractivity contribution is 7.98. The van der Waals surface area contributed by atoms with Gasteiger partial charge in [-0.1, -0.05) is 4.89 Å². The highest BCUT2D eigenvalue weighted by Crippen LogP contribution is 2.17. The van der Waals surface area contributed by atoms with Crippen LogP contribution in [-0.4, -0.2) is 27.2 Å². The summed E-state index contributed by atoms with van der Waals surface area (Å²) in [4.78, 5) is 19.1. The lowest BCUT2D eigenvalue weighted by Crippen LogP contribution is -2.29. The molecule has 0 fully saturated rings. The molecule has 0 radical (unpaired) electrons. The highest BCUT2D eigenvalue weighted by Gasteiger charge is 2.15. The van der Waals surface area contributed by atoms with Crippen molar-refractivity contribution >= 4 is 33.4 Å². The van der Waals surface area contributed by atoms with Crippen molar-refractivity contribution < 1.29 is 22.4 Å². The molecule has 6 nitrogen and oxygen atoms in total. The Bertz CT molecular complexity index is 793. The number of nitrogens with one attached hydrogen (secondary N) is 2. The maximum absolute atomic E-state index is 12.8. The Morgan fingerprint density at radius 1 is 1.12 bits per heavy atom. The zero-order valence-electron chi connectivity index (χ0n) is 12.7. The van der Waals surface area contributed by atoms with Crippen LogP contribution in [-0.2, 0) is 19.7 Å². The second-order valence-corrected chi connectivity index (χ2v) is 7.13. The van der Waals surface area contributed by atoms with Crippen LogP contribution in [0.25, 0.3) is 0 Å². The second kappa shape index (κ2) is 8.25. The zero-order valence-corrected chi connectivity index (χ0v) is 14.3. The van der Waals surface area contributed by atoms with Gasteiger partial charge < -0.3 is 5.32 Å². The predicted octanol–water partition coefficient (Wildman–Crippen LogP) is 2.40. The number of anilines is 1. The summed E-state index contributed by atoms with van der Waals surface area (Å²) < 4.78 is 36.5. The molecule has 1 amide bonds. The lowest BCUT2D eigenvalue weighted by molar-refractivity contribution is -0.121. The van der Waals surface area contributed by atoms with Crippen LogP contribution < -0.4 is 10.2 Å². The average molecular weight is 370 g/mol. The van der Waals surface area contributed by atoms with Gasteiger partial charge in [-0.15, -0.1) is 11.8 Å². The van der Waals surface area contributed by atoms with E-state index in [2.05, 4.69) is 5.32 Å². The highest BCUT2D eigenvalue weighted by atomic mass is 32.2. The number of halogens is 1. The van der Waals surface area contributed by atoms with Crippen LogP contribution in [0, 0.1) is 5.82 Å². The monoisotopic (exact) mass is 370 g/mol. The zero-order chi connectivity index (χ0) is 17.6. The summed E-state index contributed by atoms with van der Waals surface area (Å²) in [5.74, 6) is -1.07. The molecule has 24 heavy (non-hydrogen) atoms. The molecule has 0 unspecified atom stereocenters. The maximum atomic E-state index is 12.8. The third kappa shape index (κ3) is 5.31. The number of hydrogen-bond donors (Lipinski definition) is 2. The Hall–Kier alpha value is -1.94. The van der Waals surface area contributed by atoms with E-state index in [-0.39, 0.29) is 4.90 Å². The fourth-order valence-electron chi connectivity index (χ4n) is 1.71. The molecule has 0 aliphatic heterocycles. The lowest BCUT2D eigenvalue weighted by atomic mass is 10.3. The van der Waals surface area contributed by atoms with E-state index in [1.165, 1.54) is 0 Å². The van der Waals surface area contributed by atoms with E-state index in [4.69, 9.17) is 4.84 Å². The predicted molar refractivity (Wildman–Crippen MR) is 89.5 cm³/mol. The van der Waals surface area contributed by atoms with Crippen LogP contribution in [0.15, 0.2) is 58.3 Å². The lowest BCUT2D eigenvalue weighted by Gasteiger charge is -2.08. The van der Waals surface area contributed by atoms with Gasteiger partial charge in [0.25, 0.3) is 15.9 Å². The number of benzene rings is 2. The maximum Gasteiger partial charge on any atom is 0.262 e. The van der Waals surface area contributed by atoms with Gasteiger partial charge in [0.15, 0.2) is 0 Å². The molecular weight excluding hydrogens is 355 g/mol. The van der Waals surface area contributed by atoms with E-state index in [1.807, 2.05) is 23.3 Å². The van der Waals surface area contributed by atoms with Crippen LogP contribution in [0.5, 0.6) is 0 Å². The molecule has 0 spiro atoms. The SMILES string of the molecule is CSc1ccc(NC(=O)CONS(=O)(=O)c2ccc(F)cc2)cc1. The van der Waals surface area contributed by atoms with Crippen molar-refractivity contribution in [1.29, 1.82) is 0 Å². The summed E-state index contributed by atoms with van der Waals surface area (Å²) >= 11 is 1.57. The smallest absolute Gasteiger partial charge is 0.262 e. The molecule has 2 rings (SSSR count). The van der Waals surface area contributed by atoms with E-state index in [9.17, 15) is 17.6 Å². The molecule has 0 aliphatic carbocycles. The first-order chi connectivity index (χ1) is 11.4. The minimum atomic E-state index is -3.98.